The first-order valence-electron chi connectivity index (χ1n) is 8.66. The highest BCUT2D eigenvalue weighted by Gasteiger charge is 2.24. The monoisotopic (exact) mass is 441 g/mol. The van der Waals surface area contributed by atoms with E-state index in [1.165, 1.54) is 32.3 Å². The lowest BCUT2D eigenvalue weighted by Gasteiger charge is -2.20. The normalized spacial score (nSPS) is 12.0. The molecule has 0 aliphatic heterocycles. The Hall–Kier alpha value is -2.01. The molecule has 8 nitrogen and oxygen atoms in total. The lowest BCUT2D eigenvalue weighted by atomic mass is 10.3. The molecule has 0 spiro atoms. The van der Waals surface area contributed by atoms with Gasteiger partial charge in [-0.15, -0.1) is 0 Å². The average Bonchev–Trinajstić information content (AvgIpc) is 3.02. The molecule has 0 saturated heterocycles. The van der Waals surface area contributed by atoms with Gasteiger partial charge in [-0.1, -0.05) is 36.8 Å². The number of benzene rings is 1. The molecule has 150 valence electrons. The fourth-order valence-electron chi connectivity index (χ4n) is 2.75. The first-order valence-corrected chi connectivity index (χ1v) is 11.3. The Kier molecular flexibility index (Phi) is 6.04. The molecule has 28 heavy (non-hydrogen) atoms. The second kappa shape index (κ2) is 8.16. The molecule has 0 radical (unpaired) electrons. The Bertz CT molecular complexity index is 1170. The number of aryl methyl sites for hydroxylation is 1. The second-order valence-electron chi connectivity index (χ2n) is 5.99. The van der Waals surface area contributed by atoms with E-state index in [1.807, 2.05) is 6.92 Å². The number of rotatable bonds is 7. The molecule has 1 N–H and O–H groups in total. The third kappa shape index (κ3) is 4.04. The fourth-order valence-corrected chi connectivity index (χ4v) is 5.47. The summed E-state index contributed by atoms with van der Waals surface area (Å²) in [7, 11) is -3.68. The molecule has 0 unspecified atom stereocenters. The topological polar surface area (TPSA) is 96.7 Å². The van der Waals surface area contributed by atoms with E-state index in [0.717, 1.165) is 5.01 Å². The van der Waals surface area contributed by atoms with Gasteiger partial charge in [-0.05, 0) is 25.1 Å². The molecule has 0 atom stereocenters. The van der Waals surface area contributed by atoms with Crippen LogP contribution in [0.1, 0.15) is 24.5 Å². The Balaban J connectivity index is 1.87. The van der Waals surface area contributed by atoms with Crippen molar-refractivity contribution in [1.82, 2.24) is 18.9 Å². The molecular formula is C17H20ClN5O3S2. The van der Waals surface area contributed by atoms with E-state index in [-0.39, 0.29) is 22.0 Å². The van der Waals surface area contributed by atoms with Crippen LogP contribution in [0.5, 0.6) is 0 Å². The molecule has 0 fully saturated rings. The van der Waals surface area contributed by atoms with Gasteiger partial charge in [-0.3, -0.25) is 4.79 Å². The van der Waals surface area contributed by atoms with Gasteiger partial charge < -0.3 is 5.32 Å². The summed E-state index contributed by atoms with van der Waals surface area (Å²) in [6, 6.07) is 6.13. The van der Waals surface area contributed by atoms with Crippen LogP contribution in [0.2, 0.25) is 5.02 Å². The molecule has 0 aliphatic rings. The predicted octanol–water partition coefficient (Wildman–Crippen LogP) is 2.76. The van der Waals surface area contributed by atoms with Gasteiger partial charge in [0.25, 0.3) is 5.56 Å². The van der Waals surface area contributed by atoms with E-state index in [1.54, 1.807) is 26.0 Å². The number of fused-ring (bicyclic) bond motifs is 1. The summed E-state index contributed by atoms with van der Waals surface area (Å²) in [5.74, 6) is 0. The first-order chi connectivity index (χ1) is 13.3. The molecule has 0 saturated carbocycles. The van der Waals surface area contributed by atoms with Crippen LogP contribution in [0.15, 0.2) is 34.0 Å². The van der Waals surface area contributed by atoms with Crippen molar-refractivity contribution in [1.29, 1.82) is 0 Å². The molecule has 0 aliphatic carbocycles. The number of sulfonamides is 1. The largest absolute Gasteiger partial charge is 0.379 e. The molecular weight excluding hydrogens is 422 g/mol. The number of nitrogens with one attached hydrogen (secondary N) is 1. The van der Waals surface area contributed by atoms with Crippen molar-refractivity contribution in [2.75, 3.05) is 18.4 Å². The quantitative estimate of drug-likeness (QED) is 0.605. The predicted molar refractivity (Wildman–Crippen MR) is 111 cm³/mol. The molecule has 3 rings (SSSR count). The van der Waals surface area contributed by atoms with Crippen molar-refractivity contribution >= 4 is 43.6 Å². The van der Waals surface area contributed by atoms with Crippen LogP contribution in [0.4, 0.5) is 5.69 Å². The van der Waals surface area contributed by atoms with Crippen molar-refractivity contribution in [3.05, 3.63) is 50.3 Å². The summed E-state index contributed by atoms with van der Waals surface area (Å²) >= 11 is 7.48. The van der Waals surface area contributed by atoms with E-state index in [9.17, 15) is 13.2 Å². The van der Waals surface area contributed by atoms with Crippen LogP contribution >= 0.6 is 22.9 Å². The minimum Gasteiger partial charge on any atom is -0.379 e. The van der Waals surface area contributed by atoms with Gasteiger partial charge in [0, 0.05) is 24.8 Å². The number of halogens is 1. The van der Waals surface area contributed by atoms with E-state index >= 15 is 0 Å². The van der Waals surface area contributed by atoms with Crippen LogP contribution in [0, 0.1) is 6.92 Å². The smallest absolute Gasteiger partial charge is 0.275 e. The van der Waals surface area contributed by atoms with Gasteiger partial charge in [-0.2, -0.15) is 13.9 Å². The van der Waals surface area contributed by atoms with Crippen LogP contribution in [-0.4, -0.2) is 40.4 Å². The summed E-state index contributed by atoms with van der Waals surface area (Å²) < 4.78 is 28.2. The summed E-state index contributed by atoms with van der Waals surface area (Å²) in [4.78, 5) is 17.1. The Labute approximate surface area is 171 Å². The summed E-state index contributed by atoms with van der Waals surface area (Å²) in [5.41, 5.74) is 0.849. The lowest BCUT2D eigenvalue weighted by Crippen LogP contribution is -2.30. The Morgan fingerprint density at radius 2 is 1.96 bits per heavy atom. The number of anilines is 1. The maximum absolute atomic E-state index is 12.8. The lowest BCUT2D eigenvalue weighted by molar-refractivity contribution is 0.445. The minimum atomic E-state index is -3.68. The second-order valence-corrected chi connectivity index (χ2v) is 9.46. The number of hydrogen-bond donors (Lipinski definition) is 1. The van der Waals surface area contributed by atoms with Gasteiger partial charge in [0.05, 0.1) is 17.3 Å². The molecule has 0 bridgehead atoms. The van der Waals surface area contributed by atoms with Gasteiger partial charge in [0.15, 0.2) is 0 Å². The zero-order valence-corrected chi connectivity index (χ0v) is 18.0. The van der Waals surface area contributed by atoms with Crippen molar-refractivity contribution < 1.29 is 8.42 Å². The Morgan fingerprint density at radius 3 is 2.64 bits per heavy atom. The van der Waals surface area contributed by atoms with Crippen molar-refractivity contribution in [3.8, 4) is 0 Å². The van der Waals surface area contributed by atoms with Crippen molar-refractivity contribution in [2.24, 2.45) is 0 Å². The van der Waals surface area contributed by atoms with E-state index in [4.69, 9.17) is 11.6 Å². The van der Waals surface area contributed by atoms with Crippen LogP contribution in [0.3, 0.4) is 0 Å². The molecule has 1 aromatic carbocycles. The number of nitrogens with zero attached hydrogens (tertiary/aromatic N) is 4. The molecule has 3 aromatic rings. The maximum Gasteiger partial charge on any atom is 0.275 e. The average molecular weight is 442 g/mol. The van der Waals surface area contributed by atoms with E-state index in [2.05, 4.69) is 15.4 Å². The first kappa shape index (κ1) is 20.7. The van der Waals surface area contributed by atoms with Gasteiger partial charge in [-0.25, -0.2) is 13.4 Å². The fraction of sp³-hybridized carbons (Fsp3) is 0.353. The highest BCUT2D eigenvalue weighted by atomic mass is 35.5. The third-order valence-corrected chi connectivity index (χ3v) is 7.48. The molecule has 2 aromatic heterocycles. The molecule has 2 heterocycles. The highest BCUT2D eigenvalue weighted by molar-refractivity contribution is 7.89. The van der Waals surface area contributed by atoms with Crippen LogP contribution < -0.4 is 10.9 Å². The van der Waals surface area contributed by atoms with Gasteiger partial charge in [0.1, 0.15) is 9.90 Å². The number of aromatic nitrogens is 3. The maximum atomic E-state index is 12.8. The van der Waals surface area contributed by atoms with Crippen molar-refractivity contribution in [2.45, 2.75) is 32.2 Å². The van der Waals surface area contributed by atoms with E-state index in [0.29, 0.717) is 29.4 Å². The number of hydrogen-bond acceptors (Lipinski definition) is 7. The molecule has 11 heteroatoms. The van der Waals surface area contributed by atoms with Crippen molar-refractivity contribution in [3.63, 3.8) is 0 Å². The SMILES string of the molecule is CCN(CC)S(=O)(=O)c1cc(NCc2cc(=O)n3nc(C)sc3n2)ccc1Cl. The van der Waals surface area contributed by atoms with Gasteiger partial charge >= 0.3 is 0 Å². The van der Waals surface area contributed by atoms with E-state index < -0.39 is 10.0 Å². The summed E-state index contributed by atoms with van der Waals surface area (Å²) in [5, 5.41) is 8.12. The van der Waals surface area contributed by atoms with Crippen LogP contribution in [0.25, 0.3) is 4.96 Å². The highest BCUT2D eigenvalue weighted by Crippen LogP contribution is 2.28. The third-order valence-electron chi connectivity index (χ3n) is 4.13. The Morgan fingerprint density at radius 1 is 1.25 bits per heavy atom. The standard InChI is InChI=1S/C17H20ClN5O3S2/c1-4-22(5-2)28(25,26)15-8-12(6-7-14(15)18)19-10-13-9-16(24)23-17(20-13)27-11(3)21-23/h6-9,19H,4-5,10H2,1-3H3. The minimum absolute atomic E-state index is 0.0458. The zero-order chi connectivity index (χ0) is 20.5. The summed E-state index contributed by atoms with van der Waals surface area (Å²) in [6.07, 6.45) is 0. The zero-order valence-electron chi connectivity index (χ0n) is 15.6. The van der Waals surface area contributed by atoms with Crippen LogP contribution in [-0.2, 0) is 16.6 Å². The summed E-state index contributed by atoms with van der Waals surface area (Å²) in [6.45, 7) is 6.33. The van der Waals surface area contributed by atoms with Gasteiger partial charge in [0.2, 0.25) is 15.0 Å². The molecule has 0 amide bonds.